The number of hydrogen-bond donors (Lipinski definition) is 3. The van der Waals surface area contributed by atoms with Crippen LogP contribution in [-0.4, -0.2) is 36.5 Å². The molecule has 0 spiro atoms. The van der Waals surface area contributed by atoms with Gasteiger partial charge in [-0.25, -0.2) is 0 Å². The maximum absolute atomic E-state index is 12.8. The molecule has 3 amide bonds. The molecule has 2 rings (SSSR count). The number of amides is 3. The lowest BCUT2D eigenvalue weighted by Crippen LogP contribution is -2.47. The number of rotatable bonds is 7. The van der Waals surface area contributed by atoms with Gasteiger partial charge in [0.15, 0.2) is 0 Å². The van der Waals surface area contributed by atoms with Crippen LogP contribution < -0.4 is 16.0 Å². The first-order valence-electron chi connectivity index (χ1n) is 9.60. The zero-order valence-electron chi connectivity index (χ0n) is 17.3. The van der Waals surface area contributed by atoms with Crippen molar-refractivity contribution in [1.82, 2.24) is 10.6 Å². The Morgan fingerprint density at radius 1 is 0.968 bits per heavy atom. The minimum atomic E-state index is -4.53. The Kier molecular flexibility index (Phi) is 7.79. The standard InChI is InChI=1S/C22H24F3N3O3/c1-13(2)18(28-20(30)17-10-5-4-7-14(17)3)21(31)27-16-9-6-8-15(11-16)19(29)26-12-22(23,24)25/h4-11,13,18H,12H2,1-3H3,(H,26,29)(H,27,31)(H,28,30). The first kappa shape index (κ1) is 23.9. The summed E-state index contributed by atoms with van der Waals surface area (Å²) in [7, 11) is 0. The summed E-state index contributed by atoms with van der Waals surface area (Å²) in [4.78, 5) is 37.3. The molecule has 31 heavy (non-hydrogen) atoms. The van der Waals surface area contributed by atoms with Gasteiger partial charge in [-0.15, -0.1) is 0 Å². The van der Waals surface area contributed by atoms with Crippen molar-refractivity contribution >= 4 is 23.4 Å². The van der Waals surface area contributed by atoms with Gasteiger partial charge in [-0.2, -0.15) is 13.2 Å². The van der Waals surface area contributed by atoms with Gasteiger partial charge < -0.3 is 16.0 Å². The minimum Gasteiger partial charge on any atom is -0.343 e. The predicted molar refractivity (Wildman–Crippen MR) is 111 cm³/mol. The van der Waals surface area contributed by atoms with Crippen molar-refractivity contribution in [2.75, 3.05) is 11.9 Å². The lowest BCUT2D eigenvalue weighted by atomic mass is 10.0. The summed E-state index contributed by atoms with van der Waals surface area (Å²) in [6, 6.07) is 11.6. The summed E-state index contributed by atoms with van der Waals surface area (Å²) in [5.74, 6) is -2.06. The van der Waals surface area contributed by atoms with Crippen molar-refractivity contribution in [2.24, 2.45) is 5.92 Å². The summed E-state index contributed by atoms with van der Waals surface area (Å²) in [6.45, 7) is 3.87. The summed E-state index contributed by atoms with van der Waals surface area (Å²) < 4.78 is 36.9. The van der Waals surface area contributed by atoms with E-state index >= 15 is 0 Å². The van der Waals surface area contributed by atoms with Gasteiger partial charge in [-0.3, -0.25) is 14.4 Å². The molecule has 0 fully saturated rings. The van der Waals surface area contributed by atoms with Crippen LogP contribution in [0.4, 0.5) is 18.9 Å². The first-order chi connectivity index (χ1) is 14.5. The smallest absolute Gasteiger partial charge is 0.343 e. The van der Waals surface area contributed by atoms with E-state index in [0.717, 1.165) is 5.56 Å². The topological polar surface area (TPSA) is 87.3 Å². The van der Waals surface area contributed by atoms with Crippen molar-refractivity contribution < 1.29 is 27.6 Å². The van der Waals surface area contributed by atoms with Crippen LogP contribution in [0.25, 0.3) is 0 Å². The molecule has 1 unspecified atom stereocenters. The Bertz CT molecular complexity index is 958. The molecule has 6 nitrogen and oxygen atoms in total. The summed E-state index contributed by atoms with van der Waals surface area (Å²) in [5, 5.41) is 7.10. The zero-order valence-corrected chi connectivity index (χ0v) is 17.3. The highest BCUT2D eigenvalue weighted by Gasteiger charge is 2.28. The first-order valence-corrected chi connectivity index (χ1v) is 9.60. The Hall–Kier alpha value is -3.36. The molecular formula is C22H24F3N3O3. The largest absolute Gasteiger partial charge is 0.405 e. The van der Waals surface area contributed by atoms with Crippen LogP contribution in [0.3, 0.4) is 0 Å². The molecule has 3 N–H and O–H groups in total. The molecular weight excluding hydrogens is 411 g/mol. The Balaban J connectivity index is 2.10. The molecule has 0 aromatic heterocycles. The van der Waals surface area contributed by atoms with Crippen molar-refractivity contribution in [1.29, 1.82) is 0 Å². The Morgan fingerprint density at radius 3 is 2.26 bits per heavy atom. The third kappa shape index (κ3) is 7.13. The highest BCUT2D eigenvalue weighted by Crippen LogP contribution is 2.16. The molecule has 0 heterocycles. The lowest BCUT2D eigenvalue weighted by Gasteiger charge is -2.22. The summed E-state index contributed by atoms with van der Waals surface area (Å²) in [6.07, 6.45) is -4.53. The van der Waals surface area contributed by atoms with Crippen LogP contribution in [0.15, 0.2) is 48.5 Å². The van der Waals surface area contributed by atoms with E-state index in [9.17, 15) is 27.6 Å². The number of anilines is 1. The SMILES string of the molecule is Cc1ccccc1C(=O)NC(C(=O)Nc1cccc(C(=O)NCC(F)(F)F)c1)C(C)C. The van der Waals surface area contributed by atoms with E-state index in [1.54, 1.807) is 50.4 Å². The predicted octanol–water partition coefficient (Wildman–Crippen LogP) is 3.68. The average Bonchev–Trinajstić information content (AvgIpc) is 2.69. The van der Waals surface area contributed by atoms with Crippen LogP contribution in [-0.2, 0) is 4.79 Å². The molecule has 0 bridgehead atoms. The molecule has 0 aliphatic carbocycles. The van der Waals surface area contributed by atoms with Crippen LogP contribution in [0.5, 0.6) is 0 Å². The van der Waals surface area contributed by atoms with E-state index in [0.29, 0.717) is 5.56 Å². The number of hydrogen-bond acceptors (Lipinski definition) is 3. The van der Waals surface area contributed by atoms with Crippen molar-refractivity contribution in [3.63, 3.8) is 0 Å². The fraction of sp³-hybridized carbons (Fsp3) is 0.318. The van der Waals surface area contributed by atoms with Gasteiger partial charge >= 0.3 is 6.18 Å². The maximum atomic E-state index is 12.8. The highest BCUT2D eigenvalue weighted by molar-refractivity contribution is 6.02. The molecule has 0 saturated heterocycles. The molecule has 0 saturated carbocycles. The van der Waals surface area contributed by atoms with E-state index in [4.69, 9.17) is 0 Å². The number of carbonyl (C=O) groups is 3. The fourth-order valence-corrected chi connectivity index (χ4v) is 2.82. The number of carbonyl (C=O) groups excluding carboxylic acids is 3. The molecule has 0 radical (unpaired) electrons. The molecule has 0 aliphatic rings. The Labute approximate surface area is 178 Å². The average molecular weight is 435 g/mol. The van der Waals surface area contributed by atoms with Gasteiger partial charge in [0, 0.05) is 16.8 Å². The highest BCUT2D eigenvalue weighted by atomic mass is 19.4. The van der Waals surface area contributed by atoms with E-state index in [1.807, 2.05) is 0 Å². The zero-order chi connectivity index (χ0) is 23.2. The van der Waals surface area contributed by atoms with Crippen molar-refractivity contribution in [3.8, 4) is 0 Å². The van der Waals surface area contributed by atoms with Gasteiger partial charge in [0.05, 0.1) is 0 Å². The van der Waals surface area contributed by atoms with E-state index in [2.05, 4.69) is 10.6 Å². The maximum Gasteiger partial charge on any atom is 0.405 e. The minimum absolute atomic E-state index is 0.0351. The van der Waals surface area contributed by atoms with Crippen molar-refractivity contribution in [2.45, 2.75) is 33.0 Å². The van der Waals surface area contributed by atoms with Crippen LogP contribution in [0, 0.1) is 12.8 Å². The fourth-order valence-electron chi connectivity index (χ4n) is 2.82. The second-order valence-electron chi connectivity index (χ2n) is 7.38. The second kappa shape index (κ2) is 10.1. The van der Waals surface area contributed by atoms with Crippen LogP contribution >= 0.6 is 0 Å². The quantitative estimate of drug-likeness (QED) is 0.620. The van der Waals surface area contributed by atoms with Gasteiger partial charge in [-0.05, 0) is 42.7 Å². The van der Waals surface area contributed by atoms with Crippen molar-refractivity contribution in [3.05, 3.63) is 65.2 Å². The van der Waals surface area contributed by atoms with Gasteiger partial charge in [-0.1, -0.05) is 38.1 Å². The molecule has 1 atom stereocenters. The summed E-state index contributed by atoms with van der Waals surface area (Å²) in [5.41, 5.74) is 1.40. The molecule has 166 valence electrons. The second-order valence-corrected chi connectivity index (χ2v) is 7.38. The Morgan fingerprint density at radius 2 is 1.65 bits per heavy atom. The van der Waals surface area contributed by atoms with E-state index in [1.165, 1.54) is 24.3 Å². The normalized spacial score (nSPS) is 12.2. The molecule has 0 aliphatic heterocycles. The molecule has 2 aromatic rings. The van der Waals surface area contributed by atoms with Crippen LogP contribution in [0.2, 0.25) is 0 Å². The number of halogens is 3. The third-order valence-corrected chi connectivity index (χ3v) is 4.47. The monoisotopic (exact) mass is 435 g/mol. The number of alkyl halides is 3. The van der Waals surface area contributed by atoms with Crippen LogP contribution in [0.1, 0.15) is 40.1 Å². The van der Waals surface area contributed by atoms with Gasteiger partial charge in [0.25, 0.3) is 11.8 Å². The lowest BCUT2D eigenvalue weighted by molar-refractivity contribution is -0.123. The number of benzene rings is 2. The van der Waals surface area contributed by atoms with Gasteiger partial charge in [0.2, 0.25) is 5.91 Å². The summed E-state index contributed by atoms with van der Waals surface area (Å²) >= 11 is 0. The molecule has 9 heteroatoms. The molecule has 2 aromatic carbocycles. The van der Waals surface area contributed by atoms with E-state index in [-0.39, 0.29) is 17.2 Å². The number of aryl methyl sites for hydroxylation is 1. The number of nitrogens with one attached hydrogen (secondary N) is 3. The van der Waals surface area contributed by atoms with E-state index < -0.39 is 36.5 Å². The third-order valence-electron chi connectivity index (χ3n) is 4.47. The van der Waals surface area contributed by atoms with Gasteiger partial charge in [0.1, 0.15) is 12.6 Å².